The Morgan fingerprint density at radius 1 is 1.00 bits per heavy atom. The first kappa shape index (κ1) is 24.3. The van der Waals surface area contributed by atoms with Gasteiger partial charge in [0.2, 0.25) is 0 Å². The van der Waals surface area contributed by atoms with Gasteiger partial charge in [-0.25, -0.2) is 0 Å². The summed E-state index contributed by atoms with van der Waals surface area (Å²) in [6.07, 6.45) is 1.48. The molecule has 0 amide bonds. The van der Waals surface area contributed by atoms with E-state index < -0.39 is 34.6 Å². The maximum absolute atomic E-state index is 14.6. The molecule has 0 aliphatic heterocycles. The SMILES string of the molecule is [C-]#[N+]c1c(F)c[c-]c(-c2cccc(C(C)(C)c3ccn(-c4[c-]cc(F)nc4F)n3)n2)c1F.[Pt+2]. The van der Waals surface area contributed by atoms with E-state index in [1.807, 2.05) is 13.8 Å². The zero-order valence-electron chi connectivity index (χ0n) is 17.1. The average molecular weight is 630 g/mol. The molecular weight excluding hydrogens is 617 g/mol. The second-order valence-electron chi connectivity index (χ2n) is 7.33. The van der Waals surface area contributed by atoms with Crippen molar-refractivity contribution in [3.8, 4) is 16.9 Å². The van der Waals surface area contributed by atoms with Crippen molar-refractivity contribution in [2.45, 2.75) is 19.3 Å². The molecule has 0 aliphatic rings. The molecule has 0 radical (unpaired) electrons. The number of nitrogens with zero attached hydrogens (tertiary/aromatic N) is 5. The smallest absolute Gasteiger partial charge is 0.322 e. The van der Waals surface area contributed by atoms with Crippen molar-refractivity contribution >= 4 is 5.69 Å². The molecule has 0 fully saturated rings. The van der Waals surface area contributed by atoms with Crippen molar-refractivity contribution in [3.05, 3.63) is 101 Å². The molecule has 0 bridgehead atoms. The molecule has 0 unspecified atom stereocenters. The predicted molar refractivity (Wildman–Crippen MR) is 107 cm³/mol. The monoisotopic (exact) mass is 630 g/mol. The van der Waals surface area contributed by atoms with Crippen molar-refractivity contribution in [2.75, 3.05) is 0 Å². The van der Waals surface area contributed by atoms with E-state index in [0.29, 0.717) is 11.4 Å². The molecule has 3 heterocycles. The molecule has 1 aromatic carbocycles. The van der Waals surface area contributed by atoms with Crippen LogP contribution in [0.1, 0.15) is 25.2 Å². The Morgan fingerprint density at radius 2 is 1.76 bits per heavy atom. The summed E-state index contributed by atoms with van der Waals surface area (Å²) in [5, 5.41) is 4.35. The standard InChI is InChI=1S/C23H13F4N5.Pt/c1-23(2,18-11-12-32(31-18)16-9-10-19(25)30-22(16)27)17-6-4-5-15(29-17)13-7-8-14(24)21(28-3)20(13)26;/h4-6,8,10-12H,1-2H3;/q-2;+2. The first-order valence-electron chi connectivity index (χ1n) is 9.27. The van der Waals surface area contributed by atoms with Crippen molar-refractivity contribution in [1.82, 2.24) is 19.7 Å². The van der Waals surface area contributed by atoms with Gasteiger partial charge in [0.1, 0.15) is 5.95 Å². The topological polar surface area (TPSA) is 48.0 Å². The van der Waals surface area contributed by atoms with Gasteiger partial charge in [-0.1, -0.05) is 12.1 Å². The summed E-state index contributed by atoms with van der Waals surface area (Å²) < 4.78 is 56.5. The van der Waals surface area contributed by atoms with Gasteiger partial charge in [-0.3, -0.25) is 27.1 Å². The second kappa shape index (κ2) is 9.24. The molecule has 3 aromatic heterocycles. The molecule has 0 saturated heterocycles. The van der Waals surface area contributed by atoms with E-state index in [-0.39, 0.29) is 38.0 Å². The van der Waals surface area contributed by atoms with Crippen LogP contribution in [0.25, 0.3) is 21.8 Å². The summed E-state index contributed by atoms with van der Waals surface area (Å²) in [5.74, 6) is -4.09. The van der Waals surface area contributed by atoms with Gasteiger partial charge in [0.25, 0.3) is 0 Å². The Bertz CT molecular complexity index is 1380. The summed E-state index contributed by atoms with van der Waals surface area (Å²) in [6.45, 7) is 10.6. The van der Waals surface area contributed by atoms with E-state index in [1.165, 1.54) is 16.9 Å². The van der Waals surface area contributed by atoms with Crippen LogP contribution >= 0.6 is 0 Å². The van der Waals surface area contributed by atoms with Gasteiger partial charge in [-0.2, -0.15) is 5.10 Å². The Kier molecular flexibility index (Phi) is 6.80. The normalized spacial score (nSPS) is 11.1. The van der Waals surface area contributed by atoms with Gasteiger partial charge >= 0.3 is 21.1 Å². The molecule has 168 valence electrons. The van der Waals surface area contributed by atoms with Crippen LogP contribution in [0.4, 0.5) is 23.2 Å². The molecule has 4 rings (SSSR count). The van der Waals surface area contributed by atoms with Gasteiger partial charge in [-0.05, 0) is 31.7 Å². The van der Waals surface area contributed by atoms with E-state index in [1.54, 1.807) is 18.2 Å². The van der Waals surface area contributed by atoms with Crippen LogP contribution < -0.4 is 0 Å². The largest absolute Gasteiger partial charge is 2.00 e. The van der Waals surface area contributed by atoms with Gasteiger partial charge in [0.05, 0.1) is 23.6 Å². The third kappa shape index (κ3) is 4.44. The summed E-state index contributed by atoms with van der Waals surface area (Å²) >= 11 is 0. The fraction of sp³-hybridized carbons (Fsp3) is 0.130. The van der Waals surface area contributed by atoms with E-state index in [0.717, 1.165) is 12.1 Å². The van der Waals surface area contributed by atoms with E-state index >= 15 is 0 Å². The molecule has 0 saturated carbocycles. The predicted octanol–water partition coefficient (Wildman–Crippen LogP) is 5.36. The number of halogens is 4. The number of aromatic nitrogens is 4. The zero-order chi connectivity index (χ0) is 23.0. The fourth-order valence-corrected chi connectivity index (χ4v) is 3.14. The third-order valence-corrected chi connectivity index (χ3v) is 4.94. The molecule has 0 aliphatic carbocycles. The van der Waals surface area contributed by atoms with E-state index in [4.69, 9.17) is 6.57 Å². The third-order valence-electron chi connectivity index (χ3n) is 4.94. The number of pyridine rings is 2. The van der Waals surface area contributed by atoms with Crippen LogP contribution in [0, 0.1) is 42.2 Å². The first-order chi connectivity index (χ1) is 15.2. The van der Waals surface area contributed by atoms with Crippen LogP contribution in [0.15, 0.2) is 42.6 Å². The minimum atomic E-state index is -1.06. The summed E-state index contributed by atoms with van der Waals surface area (Å²) in [6, 6.07) is 13.2. The fourth-order valence-electron chi connectivity index (χ4n) is 3.14. The molecule has 0 spiro atoms. The second-order valence-corrected chi connectivity index (χ2v) is 7.33. The van der Waals surface area contributed by atoms with Crippen LogP contribution in [-0.2, 0) is 26.5 Å². The maximum atomic E-state index is 14.6. The van der Waals surface area contributed by atoms with Crippen LogP contribution in [0.5, 0.6) is 0 Å². The van der Waals surface area contributed by atoms with Crippen molar-refractivity contribution < 1.29 is 38.6 Å². The van der Waals surface area contributed by atoms with Crippen LogP contribution in [-0.4, -0.2) is 19.7 Å². The molecule has 0 atom stereocenters. The Morgan fingerprint density at radius 3 is 2.45 bits per heavy atom. The maximum Gasteiger partial charge on any atom is 2.00 e. The number of hydrogen-bond donors (Lipinski definition) is 0. The molecule has 0 N–H and O–H groups in total. The molecule has 4 aromatic rings. The van der Waals surface area contributed by atoms with Crippen molar-refractivity contribution in [2.24, 2.45) is 0 Å². The van der Waals surface area contributed by atoms with Crippen molar-refractivity contribution in [1.29, 1.82) is 0 Å². The minimum absolute atomic E-state index is 0. The minimum Gasteiger partial charge on any atom is -0.322 e. The van der Waals surface area contributed by atoms with Crippen LogP contribution in [0.3, 0.4) is 0 Å². The summed E-state index contributed by atoms with van der Waals surface area (Å²) in [5.41, 5.74) is -0.674. The number of benzene rings is 1. The quantitative estimate of drug-likeness (QED) is 0.174. The van der Waals surface area contributed by atoms with Crippen molar-refractivity contribution in [3.63, 3.8) is 0 Å². The van der Waals surface area contributed by atoms with Crippen LogP contribution in [0.2, 0.25) is 0 Å². The van der Waals surface area contributed by atoms with Gasteiger partial charge < -0.3 is 9.97 Å². The Labute approximate surface area is 201 Å². The molecular formula is C23H13F4N5Pt. The van der Waals surface area contributed by atoms with Gasteiger partial charge in [0, 0.05) is 29.2 Å². The van der Waals surface area contributed by atoms with E-state index in [9.17, 15) is 17.6 Å². The number of hydrogen-bond acceptors (Lipinski definition) is 3. The molecule has 10 heteroatoms. The Hall–Kier alpha value is -3.37. The molecule has 33 heavy (non-hydrogen) atoms. The average Bonchev–Trinajstić information content (AvgIpc) is 3.25. The van der Waals surface area contributed by atoms with Gasteiger partial charge in [-0.15, -0.1) is 29.8 Å². The molecule has 5 nitrogen and oxygen atoms in total. The summed E-state index contributed by atoms with van der Waals surface area (Å²) in [4.78, 5) is 10.5. The first-order valence-corrected chi connectivity index (χ1v) is 9.27. The summed E-state index contributed by atoms with van der Waals surface area (Å²) in [7, 11) is 0. The van der Waals surface area contributed by atoms with E-state index in [2.05, 4.69) is 32.0 Å². The van der Waals surface area contributed by atoms with Gasteiger partial charge in [0.15, 0.2) is 5.69 Å². The Balaban J connectivity index is 0.00000306. The number of rotatable bonds is 4. The zero-order valence-corrected chi connectivity index (χ0v) is 19.4.